The molecule has 0 amide bonds. The fraction of sp³-hybridized carbons (Fsp3) is 1.00. The average molecular weight is 197 g/mol. The van der Waals surface area contributed by atoms with E-state index in [-0.39, 0.29) is 0 Å². The van der Waals surface area contributed by atoms with Crippen LogP contribution < -0.4 is 5.32 Å². The summed E-state index contributed by atoms with van der Waals surface area (Å²) in [5.74, 6) is 1.95. The topological polar surface area (TPSA) is 21.3 Å². The molecule has 2 rings (SSSR count). The Hall–Kier alpha value is -0.0800. The van der Waals surface area contributed by atoms with Crippen LogP contribution in [0.1, 0.15) is 39.0 Å². The summed E-state index contributed by atoms with van der Waals surface area (Å²) < 4.78 is 5.42. The van der Waals surface area contributed by atoms with Crippen molar-refractivity contribution in [2.24, 2.45) is 11.8 Å². The minimum Gasteiger partial charge on any atom is -0.381 e. The van der Waals surface area contributed by atoms with Gasteiger partial charge in [0.05, 0.1) is 0 Å². The molecule has 2 aliphatic rings. The van der Waals surface area contributed by atoms with Gasteiger partial charge in [-0.15, -0.1) is 0 Å². The van der Waals surface area contributed by atoms with Gasteiger partial charge in [-0.05, 0) is 50.5 Å². The maximum atomic E-state index is 5.42. The molecular weight excluding hydrogens is 174 g/mol. The van der Waals surface area contributed by atoms with Crippen LogP contribution in [0.5, 0.6) is 0 Å². The van der Waals surface area contributed by atoms with Gasteiger partial charge in [0.25, 0.3) is 0 Å². The molecule has 1 saturated carbocycles. The van der Waals surface area contributed by atoms with Gasteiger partial charge < -0.3 is 10.1 Å². The van der Waals surface area contributed by atoms with Gasteiger partial charge in [-0.25, -0.2) is 0 Å². The highest BCUT2D eigenvalue weighted by Gasteiger charge is 2.31. The second-order valence-electron chi connectivity index (χ2n) is 4.78. The third kappa shape index (κ3) is 2.48. The van der Waals surface area contributed by atoms with Crippen LogP contribution in [0.3, 0.4) is 0 Å². The van der Waals surface area contributed by atoms with E-state index in [1.54, 1.807) is 0 Å². The fourth-order valence-electron chi connectivity index (χ4n) is 3.11. The summed E-state index contributed by atoms with van der Waals surface area (Å²) in [5, 5.41) is 3.58. The van der Waals surface area contributed by atoms with E-state index in [1.807, 2.05) is 0 Å². The summed E-state index contributed by atoms with van der Waals surface area (Å²) in [6, 6.07) is 0.813. The van der Waals surface area contributed by atoms with Gasteiger partial charge in [-0.3, -0.25) is 0 Å². The number of hydrogen-bond donors (Lipinski definition) is 1. The Labute approximate surface area is 87.4 Å². The van der Waals surface area contributed by atoms with Gasteiger partial charge in [-0.2, -0.15) is 0 Å². The van der Waals surface area contributed by atoms with Crippen LogP contribution in [0.2, 0.25) is 0 Å². The van der Waals surface area contributed by atoms with Gasteiger partial charge in [0.2, 0.25) is 0 Å². The van der Waals surface area contributed by atoms with Gasteiger partial charge in [-0.1, -0.05) is 6.92 Å². The number of hydrogen-bond acceptors (Lipinski definition) is 2. The first-order chi connectivity index (χ1) is 6.90. The van der Waals surface area contributed by atoms with Gasteiger partial charge in [0.1, 0.15) is 0 Å². The molecular formula is C12H23NO. The van der Waals surface area contributed by atoms with Crippen LogP contribution in [-0.4, -0.2) is 25.8 Å². The SMILES string of the molecule is CCNC1CCC(C2CCOCC2)C1. The van der Waals surface area contributed by atoms with Gasteiger partial charge in [0.15, 0.2) is 0 Å². The first-order valence-electron chi connectivity index (χ1n) is 6.21. The lowest BCUT2D eigenvalue weighted by atomic mass is 9.85. The van der Waals surface area contributed by atoms with Crippen LogP contribution in [0.25, 0.3) is 0 Å². The molecule has 1 N–H and O–H groups in total. The summed E-state index contributed by atoms with van der Waals surface area (Å²) in [6.07, 6.45) is 6.88. The quantitative estimate of drug-likeness (QED) is 0.749. The summed E-state index contributed by atoms with van der Waals surface area (Å²) in [6.45, 7) is 5.35. The Kier molecular flexibility index (Phi) is 3.82. The van der Waals surface area contributed by atoms with Crippen LogP contribution in [-0.2, 0) is 4.74 Å². The van der Waals surface area contributed by atoms with E-state index in [1.165, 1.54) is 32.1 Å². The Bertz CT molecular complexity index is 166. The molecule has 1 aliphatic heterocycles. The first-order valence-corrected chi connectivity index (χ1v) is 6.21. The van der Waals surface area contributed by atoms with Crippen LogP contribution in [0.15, 0.2) is 0 Å². The van der Waals surface area contributed by atoms with E-state index in [2.05, 4.69) is 12.2 Å². The van der Waals surface area contributed by atoms with E-state index >= 15 is 0 Å². The molecule has 0 aromatic carbocycles. The zero-order chi connectivity index (χ0) is 9.80. The molecule has 2 fully saturated rings. The molecule has 0 aromatic rings. The molecule has 0 spiro atoms. The molecule has 1 heterocycles. The van der Waals surface area contributed by atoms with E-state index in [4.69, 9.17) is 4.74 Å². The van der Waals surface area contributed by atoms with E-state index < -0.39 is 0 Å². The highest BCUT2D eigenvalue weighted by molar-refractivity contribution is 4.85. The van der Waals surface area contributed by atoms with Crippen molar-refractivity contribution in [3.63, 3.8) is 0 Å². The molecule has 1 aliphatic carbocycles. The molecule has 0 bridgehead atoms. The van der Waals surface area contributed by atoms with Crippen molar-refractivity contribution in [2.75, 3.05) is 19.8 Å². The zero-order valence-corrected chi connectivity index (χ0v) is 9.30. The van der Waals surface area contributed by atoms with Gasteiger partial charge >= 0.3 is 0 Å². The molecule has 2 atom stereocenters. The molecule has 2 heteroatoms. The van der Waals surface area contributed by atoms with Crippen molar-refractivity contribution in [2.45, 2.75) is 45.1 Å². The summed E-state index contributed by atoms with van der Waals surface area (Å²) in [4.78, 5) is 0. The van der Waals surface area contributed by atoms with Crippen LogP contribution >= 0.6 is 0 Å². The predicted molar refractivity (Wildman–Crippen MR) is 58.3 cm³/mol. The van der Waals surface area contributed by atoms with Crippen LogP contribution in [0, 0.1) is 11.8 Å². The summed E-state index contributed by atoms with van der Waals surface area (Å²) >= 11 is 0. The molecule has 0 aromatic heterocycles. The number of rotatable bonds is 3. The lowest BCUT2D eigenvalue weighted by Crippen LogP contribution is -2.27. The second kappa shape index (κ2) is 5.13. The summed E-state index contributed by atoms with van der Waals surface area (Å²) in [5.41, 5.74) is 0. The maximum Gasteiger partial charge on any atom is 0.0468 e. The predicted octanol–water partition coefficient (Wildman–Crippen LogP) is 2.19. The lowest BCUT2D eigenvalue weighted by molar-refractivity contribution is 0.0472. The largest absolute Gasteiger partial charge is 0.381 e. The Morgan fingerprint density at radius 3 is 2.57 bits per heavy atom. The third-order valence-electron chi connectivity index (χ3n) is 3.90. The van der Waals surface area contributed by atoms with Crippen molar-refractivity contribution in [3.05, 3.63) is 0 Å². The monoisotopic (exact) mass is 197 g/mol. The van der Waals surface area contributed by atoms with E-state index in [0.717, 1.165) is 37.6 Å². The Morgan fingerprint density at radius 1 is 1.07 bits per heavy atom. The van der Waals surface area contributed by atoms with Crippen LogP contribution in [0.4, 0.5) is 0 Å². The third-order valence-corrected chi connectivity index (χ3v) is 3.90. The maximum absolute atomic E-state index is 5.42. The molecule has 2 nitrogen and oxygen atoms in total. The number of ether oxygens (including phenoxy) is 1. The first kappa shape index (κ1) is 10.4. The molecule has 1 saturated heterocycles. The van der Waals surface area contributed by atoms with Crippen molar-refractivity contribution in [1.29, 1.82) is 0 Å². The average Bonchev–Trinajstić information content (AvgIpc) is 2.68. The zero-order valence-electron chi connectivity index (χ0n) is 9.30. The summed E-state index contributed by atoms with van der Waals surface area (Å²) in [7, 11) is 0. The molecule has 2 unspecified atom stereocenters. The minimum absolute atomic E-state index is 0.813. The van der Waals surface area contributed by atoms with Crippen molar-refractivity contribution < 1.29 is 4.74 Å². The standard InChI is InChI=1S/C12H23NO/c1-2-13-12-4-3-11(9-12)10-5-7-14-8-6-10/h10-13H,2-9H2,1H3. The minimum atomic E-state index is 0.813. The highest BCUT2D eigenvalue weighted by Crippen LogP contribution is 2.36. The van der Waals surface area contributed by atoms with E-state index in [9.17, 15) is 0 Å². The Morgan fingerprint density at radius 2 is 1.86 bits per heavy atom. The highest BCUT2D eigenvalue weighted by atomic mass is 16.5. The smallest absolute Gasteiger partial charge is 0.0468 e. The fourth-order valence-corrected chi connectivity index (χ4v) is 3.11. The van der Waals surface area contributed by atoms with Crippen molar-refractivity contribution >= 4 is 0 Å². The van der Waals surface area contributed by atoms with Gasteiger partial charge in [0, 0.05) is 19.3 Å². The normalized spacial score (nSPS) is 34.9. The van der Waals surface area contributed by atoms with Crippen molar-refractivity contribution in [3.8, 4) is 0 Å². The Balaban J connectivity index is 1.76. The second-order valence-corrected chi connectivity index (χ2v) is 4.78. The van der Waals surface area contributed by atoms with E-state index in [0.29, 0.717) is 0 Å². The molecule has 82 valence electrons. The lowest BCUT2D eigenvalue weighted by Gasteiger charge is -2.27. The molecule has 14 heavy (non-hydrogen) atoms. The number of nitrogens with one attached hydrogen (secondary N) is 1. The van der Waals surface area contributed by atoms with Crippen molar-refractivity contribution in [1.82, 2.24) is 5.32 Å². The molecule has 0 radical (unpaired) electrons.